The maximum Gasteiger partial charge on any atom is 0.187 e. The van der Waals surface area contributed by atoms with Crippen LogP contribution >= 0.6 is 11.6 Å². The van der Waals surface area contributed by atoms with Gasteiger partial charge in [0.1, 0.15) is 17.2 Å². The van der Waals surface area contributed by atoms with E-state index in [1.807, 2.05) is 63.2 Å². The van der Waals surface area contributed by atoms with Gasteiger partial charge >= 0.3 is 0 Å². The fourth-order valence-corrected chi connectivity index (χ4v) is 5.74. The fourth-order valence-electron chi connectivity index (χ4n) is 5.63. The Kier molecular flexibility index (Phi) is 20.0. The van der Waals surface area contributed by atoms with E-state index in [2.05, 4.69) is 36.2 Å². The topological polar surface area (TPSA) is 90.7 Å². The Balaban J connectivity index is 0.000000297. The van der Waals surface area contributed by atoms with Gasteiger partial charge in [0.2, 0.25) is 0 Å². The quantitative estimate of drug-likeness (QED) is 0.102. The molecule has 2 heterocycles. The van der Waals surface area contributed by atoms with Crippen molar-refractivity contribution in [3.05, 3.63) is 99.7 Å². The van der Waals surface area contributed by atoms with Gasteiger partial charge in [-0.2, -0.15) is 5.26 Å². The largest absolute Gasteiger partial charge is 0.493 e. The Bertz CT molecular complexity index is 1530. The number of aryl methyl sites for hydroxylation is 3. The summed E-state index contributed by atoms with van der Waals surface area (Å²) in [6.07, 6.45) is 2.84. The lowest BCUT2D eigenvalue weighted by Gasteiger charge is -2.34. The molecule has 0 bridgehead atoms. The first-order valence-corrected chi connectivity index (χ1v) is 18.7. The lowest BCUT2D eigenvalue weighted by molar-refractivity contribution is 0.120. The zero-order chi connectivity index (χ0) is 37.4. The van der Waals surface area contributed by atoms with Crippen LogP contribution in [0.2, 0.25) is 0 Å². The van der Waals surface area contributed by atoms with Crippen molar-refractivity contribution < 1.29 is 14.2 Å². The van der Waals surface area contributed by atoms with Crippen LogP contribution in [0.15, 0.2) is 54.6 Å². The minimum absolute atomic E-state index is 0.610. The number of alkyl halides is 1. The predicted molar refractivity (Wildman–Crippen MR) is 210 cm³/mol. The molecule has 0 amide bonds. The molecule has 0 spiro atoms. The Morgan fingerprint density at radius 3 is 1.40 bits per heavy atom. The molecular formula is C41H54ClN7O3. The highest BCUT2D eigenvalue weighted by atomic mass is 35.5. The second-order valence-corrected chi connectivity index (χ2v) is 13.1. The molecule has 2 aliphatic heterocycles. The Labute approximate surface area is 316 Å². The third-order valence-corrected chi connectivity index (χ3v) is 8.86. The third kappa shape index (κ3) is 15.9. The molecule has 0 aromatic heterocycles. The third-order valence-electron chi connectivity index (χ3n) is 8.59. The van der Waals surface area contributed by atoms with Gasteiger partial charge in [0.05, 0.1) is 44.6 Å². The van der Waals surface area contributed by atoms with Crippen LogP contribution in [0.4, 0.5) is 11.4 Å². The highest BCUT2D eigenvalue weighted by molar-refractivity contribution is 6.17. The molecule has 0 saturated carbocycles. The van der Waals surface area contributed by atoms with Gasteiger partial charge in [0.25, 0.3) is 0 Å². The highest BCUT2D eigenvalue weighted by Gasteiger charge is 2.16. The fraction of sp³-hybridized carbons (Fsp3) is 0.488. The van der Waals surface area contributed by atoms with Crippen LogP contribution in [0.5, 0.6) is 17.2 Å². The molecule has 11 heteroatoms. The molecule has 2 fully saturated rings. The summed E-state index contributed by atoms with van der Waals surface area (Å²) in [4.78, 5) is 11.8. The molecule has 2 saturated heterocycles. The smallest absolute Gasteiger partial charge is 0.187 e. The van der Waals surface area contributed by atoms with E-state index in [0.717, 1.165) is 119 Å². The van der Waals surface area contributed by atoms with Gasteiger partial charge in [0, 0.05) is 71.3 Å². The summed E-state index contributed by atoms with van der Waals surface area (Å²) in [5, 5.41) is 15.4. The second-order valence-electron chi connectivity index (χ2n) is 12.7. The molecule has 2 N–H and O–H groups in total. The van der Waals surface area contributed by atoms with E-state index in [1.54, 1.807) is 12.1 Å². The minimum Gasteiger partial charge on any atom is -0.493 e. The molecule has 0 aliphatic carbocycles. The molecule has 3 aromatic rings. The number of hydrogen-bond donors (Lipinski definition) is 2. The summed E-state index contributed by atoms with van der Waals surface area (Å²) < 4.78 is 17.3. The van der Waals surface area contributed by atoms with Crippen molar-refractivity contribution in [2.75, 3.05) is 91.1 Å². The minimum atomic E-state index is 0.610. The zero-order valence-corrected chi connectivity index (χ0v) is 31.8. The number of nitriles is 1. The number of ether oxygens (including phenoxy) is 3. The number of nitrogens with zero attached hydrogens (tertiary/aromatic N) is 5. The van der Waals surface area contributed by atoms with Crippen molar-refractivity contribution >= 4 is 23.0 Å². The number of piperazine rings is 2. The molecule has 0 radical (unpaired) electrons. The summed E-state index contributed by atoms with van der Waals surface area (Å²) in [6, 6.07) is 18.7. The lowest BCUT2D eigenvalue weighted by atomic mass is 10.1. The van der Waals surface area contributed by atoms with E-state index < -0.39 is 0 Å². The molecule has 3 aromatic carbocycles. The number of nitrogens with one attached hydrogen (secondary N) is 2. The van der Waals surface area contributed by atoms with E-state index in [4.69, 9.17) is 44.2 Å². The normalized spacial score (nSPS) is 14.2. The standard InChI is InChI=1S/C26H32N4O2.C11H12ClNO.C4H10N2/c1-21-18-23(20-27)6-8-25(21)31-16-4-10-29-12-14-30(15-13-29)11-5-17-32-26-9-7-24(28-3)19-22(26)2;1-9-8-10(13-2)4-5-11(9)14-7-3-6-12;1-2-6-4-3-5-1/h6-9,18-19H,4-5,10-17H2,1-2H3;4-5,8H,3,6-7H2,1H3;5-6H,1-4H2. The van der Waals surface area contributed by atoms with Gasteiger partial charge < -0.3 is 34.6 Å². The molecule has 278 valence electrons. The van der Waals surface area contributed by atoms with E-state index in [9.17, 15) is 0 Å². The molecule has 5 rings (SSSR count). The highest BCUT2D eigenvalue weighted by Crippen LogP contribution is 2.25. The maximum atomic E-state index is 8.95. The Morgan fingerprint density at radius 1 is 0.654 bits per heavy atom. The first-order chi connectivity index (χ1) is 25.4. The van der Waals surface area contributed by atoms with Crippen LogP contribution in [0.1, 0.15) is 41.5 Å². The molecule has 2 aliphatic rings. The van der Waals surface area contributed by atoms with E-state index >= 15 is 0 Å². The van der Waals surface area contributed by atoms with E-state index in [-0.39, 0.29) is 0 Å². The van der Waals surface area contributed by atoms with Crippen LogP contribution in [0, 0.1) is 45.2 Å². The second kappa shape index (κ2) is 24.8. The first-order valence-electron chi connectivity index (χ1n) is 18.1. The van der Waals surface area contributed by atoms with Crippen molar-refractivity contribution in [3.8, 4) is 23.3 Å². The summed E-state index contributed by atoms with van der Waals surface area (Å²) in [5.41, 5.74) is 5.00. The monoisotopic (exact) mass is 727 g/mol. The van der Waals surface area contributed by atoms with Crippen molar-refractivity contribution in [2.24, 2.45) is 0 Å². The lowest BCUT2D eigenvalue weighted by Crippen LogP contribution is -2.47. The molecule has 52 heavy (non-hydrogen) atoms. The summed E-state index contributed by atoms with van der Waals surface area (Å²) in [6.45, 7) is 32.9. The molecule has 10 nitrogen and oxygen atoms in total. The Hall–Kier alpha value is -4.34. The Morgan fingerprint density at radius 2 is 1.06 bits per heavy atom. The van der Waals surface area contributed by atoms with Crippen LogP contribution < -0.4 is 24.8 Å². The van der Waals surface area contributed by atoms with Crippen LogP contribution in [-0.4, -0.2) is 101 Å². The number of rotatable bonds is 14. The van der Waals surface area contributed by atoms with Crippen molar-refractivity contribution in [2.45, 2.75) is 40.0 Å². The van der Waals surface area contributed by atoms with Gasteiger partial charge in [-0.05, 0) is 99.2 Å². The van der Waals surface area contributed by atoms with Gasteiger partial charge in [-0.25, -0.2) is 9.69 Å². The molecular weight excluding hydrogens is 674 g/mol. The van der Waals surface area contributed by atoms with Crippen LogP contribution in [0.3, 0.4) is 0 Å². The maximum absolute atomic E-state index is 8.95. The molecule has 0 unspecified atom stereocenters. The van der Waals surface area contributed by atoms with E-state index in [0.29, 0.717) is 42.6 Å². The average molecular weight is 728 g/mol. The zero-order valence-electron chi connectivity index (χ0n) is 31.1. The number of halogens is 1. The number of hydrogen-bond acceptors (Lipinski definition) is 8. The summed E-state index contributed by atoms with van der Waals surface area (Å²) in [5.74, 6) is 3.19. The first kappa shape index (κ1) is 42.1. The number of benzene rings is 3. The van der Waals surface area contributed by atoms with Gasteiger partial charge in [-0.3, -0.25) is 0 Å². The van der Waals surface area contributed by atoms with Crippen LogP contribution in [-0.2, 0) is 0 Å². The molecule has 0 atom stereocenters. The van der Waals surface area contributed by atoms with Crippen LogP contribution in [0.25, 0.3) is 9.69 Å². The van der Waals surface area contributed by atoms with Gasteiger partial charge in [0.15, 0.2) is 11.4 Å². The van der Waals surface area contributed by atoms with Crippen molar-refractivity contribution in [1.29, 1.82) is 5.26 Å². The SMILES string of the molecule is C1CNCCN1.[C-]#[N+]c1ccc(OCCCCl)c(C)c1.[C-]#[N+]c1ccc(OCCCN2CCN(CCCOc3ccc(C#N)cc3C)CC2)c(C)c1. The van der Waals surface area contributed by atoms with Gasteiger partial charge in [-0.1, -0.05) is 12.1 Å². The van der Waals surface area contributed by atoms with Gasteiger partial charge in [-0.15, -0.1) is 11.6 Å². The van der Waals surface area contributed by atoms with Crippen molar-refractivity contribution in [3.63, 3.8) is 0 Å². The predicted octanol–water partition coefficient (Wildman–Crippen LogP) is 7.31. The summed E-state index contributed by atoms with van der Waals surface area (Å²) in [7, 11) is 0. The average Bonchev–Trinajstić information content (AvgIpc) is 3.18. The summed E-state index contributed by atoms with van der Waals surface area (Å²) >= 11 is 5.54. The van der Waals surface area contributed by atoms with E-state index in [1.165, 1.54) is 0 Å². The van der Waals surface area contributed by atoms with Crippen molar-refractivity contribution in [1.82, 2.24) is 20.4 Å².